The van der Waals surface area contributed by atoms with E-state index in [9.17, 15) is 13.6 Å². The standard InChI is InChI=1S/C14H14F2N2O/c1-8-5-10(9(2)17-8)6-14(19)18-11-3-4-12(15)13(16)7-11/h3-5,7,17H,6H2,1-2H3,(H,18,19). The van der Waals surface area contributed by atoms with E-state index in [4.69, 9.17) is 0 Å². The predicted octanol–water partition coefficient (Wildman–Crippen LogP) is 3.09. The number of rotatable bonds is 3. The van der Waals surface area contributed by atoms with Crippen LogP contribution in [-0.4, -0.2) is 10.9 Å². The number of aryl methyl sites for hydroxylation is 2. The Labute approximate surface area is 109 Å². The predicted molar refractivity (Wildman–Crippen MR) is 69.0 cm³/mol. The number of aromatic nitrogens is 1. The summed E-state index contributed by atoms with van der Waals surface area (Å²) in [4.78, 5) is 14.9. The summed E-state index contributed by atoms with van der Waals surface area (Å²) in [7, 11) is 0. The fraction of sp³-hybridized carbons (Fsp3) is 0.214. The van der Waals surface area contributed by atoms with Gasteiger partial charge in [0, 0.05) is 23.1 Å². The van der Waals surface area contributed by atoms with Crippen molar-refractivity contribution in [3.05, 3.63) is 52.9 Å². The summed E-state index contributed by atoms with van der Waals surface area (Å²) in [6, 6.07) is 5.16. The van der Waals surface area contributed by atoms with Gasteiger partial charge in [0.15, 0.2) is 11.6 Å². The molecule has 0 aliphatic rings. The molecule has 0 aliphatic heterocycles. The van der Waals surface area contributed by atoms with Gasteiger partial charge in [-0.15, -0.1) is 0 Å². The maximum absolute atomic E-state index is 13.0. The number of benzene rings is 1. The summed E-state index contributed by atoms with van der Waals surface area (Å²) in [6.07, 6.45) is 0.190. The molecule has 0 spiro atoms. The number of carbonyl (C=O) groups is 1. The van der Waals surface area contributed by atoms with Crippen molar-refractivity contribution in [2.75, 3.05) is 5.32 Å². The van der Waals surface area contributed by atoms with Crippen LogP contribution < -0.4 is 5.32 Å². The zero-order chi connectivity index (χ0) is 14.0. The second kappa shape index (κ2) is 5.22. The lowest BCUT2D eigenvalue weighted by atomic mass is 10.1. The van der Waals surface area contributed by atoms with Crippen LogP contribution in [0.25, 0.3) is 0 Å². The minimum atomic E-state index is -0.980. The Kier molecular flexibility index (Phi) is 3.64. The van der Waals surface area contributed by atoms with Gasteiger partial charge >= 0.3 is 0 Å². The molecular weight excluding hydrogens is 250 g/mol. The van der Waals surface area contributed by atoms with Crippen LogP contribution >= 0.6 is 0 Å². The van der Waals surface area contributed by atoms with Gasteiger partial charge in [-0.25, -0.2) is 8.78 Å². The summed E-state index contributed by atoms with van der Waals surface area (Å²) in [5.41, 5.74) is 3.04. The third-order valence-corrected chi connectivity index (χ3v) is 2.81. The van der Waals surface area contributed by atoms with E-state index in [1.807, 2.05) is 19.9 Å². The summed E-state index contributed by atoms with van der Waals surface area (Å²) >= 11 is 0. The molecule has 1 heterocycles. The molecule has 0 fully saturated rings. The summed E-state index contributed by atoms with van der Waals surface area (Å²) in [5, 5.41) is 2.54. The smallest absolute Gasteiger partial charge is 0.228 e. The second-order valence-electron chi connectivity index (χ2n) is 4.46. The number of amides is 1. The zero-order valence-corrected chi connectivity index (χ0v) is 10.7. The van der Waals surface area contributed by atoms with Crippen molar-refractivity contribution in [2.45, 2.75) is 20.3 Å². The molecule has 2 rings (SSSR count). The summed E-state index contributed by atoms with van der Waals surface area (Å²) < 4.78 is 25.7. The molecule has 2 N–H and O–H groups in total. The van der Waals surface area contributed by atoms with Gasteiger partial charge in [-0.3, -0.25) is 4.79 Å². The van der Waals surface area contributed by atoms with Crippen LogP contribution in [0.1, 0.15) is 17.0 Å². The number of hydrogen-bond donors (Lipinski definition) is 2. The van der Waals surface area contributed by atoms with Crippen LogP contribution in [0.2, 0.25) is 0 Å². The van der Waals surface area contributed by atoms with Crippen molar-refractivity contribution in [2.24, 2.45) is 0 Å². The van der Waals surface area contributed by atoms with E-state index >= 15 is 0 Å². The van der Waals surface area contributed by atoms with Crippen LogP contribution in [0.3, 0.4) is 0 Å². The lowest BCUT2D eigenvalue weighted by Gasteiger charge is -2.05. The molecule has 3 nitrogen and oxygen atoms in total. The normalized spacial score (nSPS) is 10.5. The first-order valence-corrected chi connectivity index (χ1v) is 5.85. The van der Waals surface area contributed by atoms with Crippen LogP contribution in [0.5, 0.6) is 0 Å². The van der Waals surface area contributed by atoms with Crippen molar-refractivity contribution >= 4 is 11.6 Å². The fourth-order valence-corrected chi connectivity index (χ4v) is 1.92. The van der Waals surface area contributed by atoms with E-state index in [-0.39, 0.29) is 18.0 Å². The minimum absolute atomic E-state index is 0.190. The molecule has 0 unspecified atom stereocenters. The van der Waals surface area contributed by atoms with Crippen molar-refractivity contribution in [1.29, 1.82) is 0 Å². The van der Waals surface area contributed by atoms with E-state index in [2.05, 4.69) is 10.3 Å². The lowest BCUT2D eigenvalue weighted by Crippen LogP contribution is -2.14. The van der Waals surface area contributed by atoms with Crippen molar-refractivity contribution in [1.82, 2.24) is 4.98 Å². The first-order valence-electron chi connectivity index (χ1n) is 5.85. The Morgan fingerprint density at radius 1 is 1.21 bits per heavy atom. The van der Waals surface area contributed by atoms with E-state index in [0.29, 0.717) is 0 Å². The molecule has 0 aliphatic carbocycles. The first-order chi connectivity index (χ1) is 8.95. The van der Waals surface area contributed by atoms with Crippen LogP contribution in [0, 0.1) is 25.5 Å². The third kappa shape index (κ3) is 3.19. The van der Waals surface area contributed by atoms with E-state index in [0.717, 1.165) is 29.1 Å². The molecule has 2 aromatic rings. The number of anilines is 1. The molecule has 0 saturated carbocycles. The van der Waals surface area contributed by atoms with Gasteiger partial charge in [-0.1, -0.05) is 0 Å². The monoisotopic (exact) mass is 264 g/mol. The second-order valence-corrected chi connectivity index (χ2v) is 4.46. The molecule has 1 aromatic carbocycles. The molecule has 1 amide bonds. The van der Waals surface area contributed by atoms with Gasteiger partial charge in [0.05, 0.1) is 6.42 Å². The topological polar surface area (TPSA) is 44.9 Å². The van der Waals surface area contributed by atoms with E-state index in [1.54, 1.807) is 0 Å². The summed E-state index contributed by atoms with van der Waals surface area (Å²) in [6.45, 7) is 3.79. The molecule has 0 atom stereocenters. The Morgan fingerprint density at radius 2 is 1.95 bits per heavy atom. The Morgan fingerprint density at radius 3 is 2.53 bits per heavy atom. The Bertz CT molecular complexity index is 620. The Hall–Kier alpha value is -2.17. The molecule has 0 bridgehead atoms. The van der Waals surface area contributed by atoms with Gasteiger partial charge in [-0.05, 0) is 37.6 Å². The van der Waals surface area contributed by atoms with E-state index < -0.39 is 11.6 Å². The minimum Gasteiger partial charge on any atom is -0.362 e. The maximum Gasteiger partial charge on any atom is 0.228 e. The molecule has 19 heavy (non-hydrogen) atoms. The van der Waals surface area contributed by atoms with Crippen LogP contribution in [0.4, 0.5) is 14.5 Å². The number of halogens is 2. The molecule has 100 valence electrons. The molecular formula is C14H14F2N2O. The Balaban J connectivity index is 2.05. The van der Waals surface area contributed by atoms with E-state index in [1.165, 1.54) is 6.07 Å². The van der Waals surface area contributed by atoms with Crippen molar-refractivity contribution in [3.63, 3.8) is 0 Å². The van der Waals surface area contributed by atoms with Gasteiger partial charge in [-0.2, -0.15) is 0 Å². The quantitative estimate of drug-likeness (QED) is 0.879. The van der Waals surface area contributed by atoms with Gasteiger partial charge < -0.3 is 10.3 Å². The van der Waals surface area contributed by atoms with Gasteiger partial charge in [0.1, 0.15) is 0 Å². The molecule has 0 saturated heterocycles. The largest absolute Gasteiger partial charge is 0.362 e. The highest BCUT2D eigenvalue weighted by atomic mass is 19.2. The zero-order valence-electron chi connectivity index (χ0n) is 10.7. The SMILES string of the molecule is Cc1cc(CC(=O)Nc2ccc(F)c(F)c2)c(C)[nH]1. The van der Waals surface area contributed by atoms with Crippen molar-refractivity contribution < 1.29 is 13.6 Å². The fourth-order valence-electron chi connectivity index (χ4n) is 1.92. The van der Waals surface area contributed by atoms with Gasteiger partial charge in [0.2, 0.25) is 5.91 Å². The average Bonchev–Trinajstić information content (AvgIpc) is 2.62. The molecule has 0 radical (unpaired) electrons. The molecule has 1 aromatic heterocycles. The van der Waals surface area contributed by atoms with Crippen molar-refractivity contribution in [3.8, 4) is 0 Å². The van der Waals surface area contributed by atoms with Crippen LogP contribution in [0.15, 0.2) is 24.3 Å². The lowest BCUT2D eigenvalue weighted by molar-refractivity contribution is -0.115. The highest BCUT2D eigenvalue weighted by molar-refractivity contribution is 5.92. The number of carbonyl (C=O) groups excluding carboxylic acids is 1. The number of hydrogen-bond acceptors (Lipinski definition) is 1. The highest BCUT2D eigenvalue weighted by Crippen LogP contribution is 2.15. The first kappa shape index (κ1) is 13.3. The van der Waals surface area contributed by atoms with Gasteiger partial charge in [0.25, 0.3) is 0 Å². The maximum atomic E-state index is 13.0. The highest BCUT2D eigenvalue weighted by Gasteiger charge is 2.10. The average molecular weight is 264 g/mol. The number of nitrogens with one attached hydrogen (secondary N) is 2. The molecule has 5 heteroatoms. The number of H-pyrrole nitrogens is 1. The van der Waals surface area contributed by atoms with Crippen LogP contribution in [-0.2, 0) is 11.2 Å². The summed E-state index contributed by atoms with van der Waals surface area (Å²) in [5.74, 6) is -2.19. The third-order valence-electron chi connectivity index (χ3n) is 2.81. The number of aromatic amines is 1.